The first-order valence-electron chi connectivity index (χ1n) is 12.3. The van der Waals surface area contributed by atoms with Crippen LogP contribution in [0.4, 0.5) is 21.9 Å². The van der Waals surface area contributed by atoms with Gasteiger partial charge in [0.25, 0.3) is 0 Å². The van der Waals surface area contributed by atoms with Gasteiger partial charge in [0.15, 0.2) is 0 Å². The Morgan fingerprint density at radius 2 is 1.68 bits per heavy atom. The van der Waals surface area contributed by atoms with Crippen molar-refractivity contribution in [1.82, 2.24) is 10.3 Å². The monoisotopic (exact) mass is 579 g/mol. The number of para-hydroxylation sites is 1. The van der Waals surface area contributed by atoms with Crippen LogP contribution in [0.5, 0.6) is 5.75 Å². The van der Waals surface area contributed by atoms with E-state index in [1.165, 1.54) is 11.8 Å². The minimum atomic E-state index is -0.586. The molecule has 206 valence electrons. The van der Waals surface area contributed by atoms with E-state index < -0.39 is 11.9 Å². The number of anilines is 3. The summed E-state index contributed by atoms with van der Waals surface area (Å²) in [6, 6.07) is 18.9. The van der Waals surface area contributed by atoms with Crippen LogP contribution in [0, 0.1) is 6.92 Å². The van der Waals surface area contributed by atoms with E-state index >= 15 is 0 Å². The highest BCUT2D eigenvalue weighted by Crippen LogP contribution is 2.35. The van der Waals surface area contributed by atoms with Gasteiger partial charge in [0.05, 0.1) is 17.3 Å². The number of hydrogen-bond acceptors (Lipinski definition) is 5. The molecule has 40 heavy (non-hydrogen) atoms. The number of aromatic nitrogens is 1. The molecule has 3 aromatic carbocycles. The molecule has 0 aliphatic carbocycles. The number of aryl methyl sites for hydroxylation is 1. The standard InChI is InChI=1S/C29H27Cl2N5O4/c1-17-10-11-19-6-4-9-25(28(19)33-17)40-16-22-23(30)12-13-24(27(22)31)36(3)26(38)15-32-29(39)35-21-8-5-7-20(14-21)34-18(2)37/h4-14H,15-16H2,1-3H3,(H,34,37)(H2,32,35,39). The number of nitrogens with zero attached hydrogens (tertiary/aromatic N) is 2. The van der Waals surface area contributed by atoms with E-state index in [2.05, 4.69) is 20.9 Å². The van der Waals surface area contributed by atoms with Crippen LogP contribution in [0.1, 0.15) is 18.2 Å². The van der Waals surface area contributed by atoms with Crippen LogP contribution >= 0.6 is 23.2 Å². The molecule has 0 unspecified atom stereocenters. The van der Waals surface area contributed by atoms with Crippen molar-refractivity contribution in [3.8, 4) is 5.75 Å². The molecule has 4 rings (SSSR count). The van der Waals surface area contributed by atoms with E-state index in [-0.39, 0.29) is 24.1 Å². The predicted octanol–water partition coefficient (Wildman–Crippen LogP) is 6.17. The second-order valence-corrected chi connectivity index (χ2v) is 9.74. The van der Waals surface area contributed by atoms with Crippen molar-refractivity contribution >= 4 is 69.0 Å². The highest BCUT2D eigenvalue weighted by atomic mass is 35.5. The van der Waals surface area contributed by atoms with Crippen molar-refractivity contribution in [2.45, 2.75) is 20.5 Å². The Balaban J connectivity index is 1.40. The average Bonchev–Trinajstić information content (AvgIpc) is 2.91. The number of nitrogens with one attached hydrogen (secondary N) is 3. The molecular formula is C29H27Cl2N5O4. The molecule has 0 saturated carbocycles. The fourth-order valence-electron chi connectivity index (χ4n) is 3.92. The lowest BCUT2D eigenvalue weighted by Crippen LogP contribution is -2.40. The molecule has 11 heteroatoms. The summed E-state index contributed by atoms with van der Waals surface area (Å²) >= 11 is 13.1. The molecule has 0 saturated heterocycles. The first-order chi connectivity index (χ1) is 19.1. The zero-order valence-corrected chi connectivity index (χ0v) is 23.6. The normalized spacial score (nSPS) is 10.6. The number of amides is 4. The van der Waals surface area contributed by atoms with E-state index in [4.69, 9.17) is 27.9 Å². The molecule has 0 aliphatic rings. The van der Waals surface area contributed by atoms with Crippen LogP contribution in [0.25, 0.3) is 10.9 Å². The smallest absolute Gasteiger partial charge is 0.319 e. The topological polar surface area (TPSA) is 113 Å². The largest absolute Gasteiger partial charge is 0.487 e. The van der Waals surface area contributed by atoms with Crippen molar-refractivity contribution in [3.05, 3.63) is 88.0 Å². The lowest BCUT2D eigenvalue weighted by molar-refractivity contribution is -0.117. The Hall–Kier alpha value is -4.34. The molecular weight excluding hydrogens is 553 g/mol. The van der Waals surface area contributed by atoms with Crippen LogP contribution in [0.3, 0.4) is 0 Å². The second kappa shape index (κ2) is 12.7. The van der Waals surface area contributed by atoms with Crippen molar-refractivity contribution in [3.63, 3.8) is 0 Å². The molecule has 0 bridgehead atoms. The third kappa shape index (κ3) is 6.99. The van der Waals surface area contributed by atoms with Crippen molar-refractivity contribution < 1.29 is 19.1 Å². The Morgan fingerprint density at radius 1 is 0.950 bits per heavy atom. The first-order valence-corrected chi connectivity index (χ1v) is 13.0. The lowest BCUT2D eigenvalue weighted by Gasteiger charge is -2.21. The van der Waals surface area contributed by atoms with Crippen LogP contribution in [0.2, 0.25) is 10.0 Å². The molecule has 3 N–H and O–H groups in total. The summed E-state index contributed by atoms with van der Waals surface area (Å²) in [5.74, 6) is -0.0561. The van der Waals surface area contributed by atoms with Gasteiger partial charge in [-0.05, 0) is 49.4 Å². The number of carbonyl (C=O) groups is 3. The second-order valence-electron chi connectivity index (χ2n) is 8.95. The maximum atomic E-state index is 12.9. The number of urea groups is 1. The van der Waals surface area contributed by atoms with Gasteiger partial charge in [-0.1, -0.05) is 47.5 Å². The highest BCUT2D eigenvalue weighted by molar-refractivity contribution is 6.38. The Labute approximate surface area is 241 Å². The van der Waals surface area contributed by atoms with Gasteiger partial charge in [-0.25, -0.2) is 9.78 Å². The maximum absolute atomic E-state index is 12.9. The molecule has 0 spiro atoms. The van der Waals surface area contributed by atoms with Gasteiger partial charge in [0.2, 0.25) is 11.8 Å². The minimum Gasteiger partial charge on any atom is -0.487 e. The van der Waals surface area contributed by atoms with Gasteiger partial charge in [-0.2, -0.15) is 0 Å². The van der Waals surface area contributed by atoms with E-state index in [0.717, 1.165) is 16.6 Å². The highest BCUT2D eigenvalue weighted by Gasteiger charge is 2.19. The number of rotatable bonds is 8. The molecule has 0 aliphatic heterocycles. The van der Waals surface area contributed by atoms with E-state index in [1.54, 1.807) is 43.4 Å². The average molecular weight is 580 g/mol. The van der Waals surface area contributed by atoms with Gasteiger partial charge >= 0.3 is 6.03 Å². The molecule has 4 aromatic rings. The number of pyridine rings is 1. The molecule has 1 heterocycles. The SMILES string of the molecule is CC(=O)Nc1cccc(NC(=O)NCC(=O)N(C)c2ccc(Cl)c(COc3cccc4ccc(C)nc34)c2Cl)c1. The number of benzene rings is 3. The van der Waals surface area contributed by atoms with Crippen LogP contribution in [-0.4, -0.2) is 36.4 Å². The fourth-order valence-corrected chi connectivity index (χ4v) is 4.53. The zero-order chi connectivity index (χ0) is 28.8. The molecule has 4 amide bonds. The number of halogens is 2. The number of carbonyl (C=O) groups excluding carboxylic acids is 3. The summed E-state index contributed by atoms with van der Waals surface area (Å²) in [6.07, 6.45) is 0. The van der Waals surface area contributed by atoms with E-state index in [1.807, 2.05) is 37.3 Å². The van der Waals surface area contributed by atoms with Gasteiger partial charge in [-0.15, -0.1) is 0 Å². The van der Waals surface area contributed by atoms with Gasteiger partial charge in [-0.3, -0.25) is 9.59 Å². The number of ether oxygens (including phenoxy) is 1. The summed E-state index contributed by atoms with van der Waals surface area (Å²) in [5.41, 5.74) is 3.49. The Kier molecular flexibility index (Phi) is 9.08. The van der Waals surface area contributed by atoms with Crippen LogP contribution in [0.15, 0.2) is 66.7 Å². The van der Waals surface area contributed by atoms with Crippen molar-refractivity contribution in [1.29, 1.82) is 0 Å². The third-order valence-corrected chi connectivity index (χ3v) is 6.71. The molecule has 9 nitrogen and oxygen atoms in total. The minimum absolute atomic E-state index is 0.0560. The number of likely N-dealkylation sites (N-methyl/N-ethyl adjacent to an activating group) is 1. The van der Waals surface area contributed by atoms with E-state index in [9.17, 15) is 14.4 Å². The summed E-state index contributed by atoms with van der Waals surface area (Å²) in [5, 5.41) is 9.38. The number of fused-ring (bicyclic) bond motifs is 1. The van der Waals surface area contributed by atoms with Crippen molar-refractivity contribution in [2.24, 2.45) is 0 Å². The maximum Gasteiger partial charge on any atom is 0.319 e. The molecule has 0 atom stereocenters. The summed E-state index contributed by atoms with van der Waals surface area (Å²) < 4.78 is 6.06. The van der Waals surface area contributed by atoms with Gasteiger partial charge in [0, 0.05) is 47.0 Å². The first kappa shape index (κ1) is 28.7. The summed E-state index contributed by atoms with van der Waals surface area (Å²) in [4.78, 5) is 42.4. The quantitative estimate of drug-likeness (QED) is 0.231. The van der Waals surface area contributed by atoms with Gasteiger partial charge in [0.1, 0.15) is 17.9 Å². The van der Waals surface area contributed by atoms with Gasteiger partial charge < -0.3 is 25.6 Å². The van der Waals surface area contributed by atoms with Crippen LogP contribution < -0.4 is 25.6 Å². The summed E-state index contributed by atoms with van der Waals surface area (Å²) in [7, 11) is 1.55. The third-order valence-electron chi connectivity index (χ3n) is 5.94. The zero-order valence-electron chi connectivity index (χ0n) is 22.0. The lowest BCUT2D eigenvalue weighted by atomic mass is 10.1. The molecule has 1 aromatic heterocycles. The Bertz CT molecular complexity index is 1590. The number of hydrogen-bond donors (Lipinski definition) is 3. The summed E-state index contributed by atoms with van der Waals surface area (Å²) in [6.45, 7) is 3.06. The van der Waals surface area contributed by atoms with Crippen molar-refractivity contribution in [2.75, 3.05) is 29.1 Å². The Morgan fingerprint density at radius 3 is 2.42 bits per heavy atom. The van der Waals surface area contributed by atoms with E-state index in [0.29, 0.717) is 33.4 Å². The van der Waals surface area contributed by atoms with Crippen LogP contribution in [-0.2, 0) is 16.2 Å². The molecule has 0 fully saturated rings. The molecule has 0 radical (unpaired) electrons. The predicted molar refractivity (Wildman–Crippen MR) is 158 cm³/mol. The fraction of sp³-hybridized carbons (Fsp3) is 0.172.